The first kappa shape index (κ1) is 10.5. The van der Waals surface area contributed by atoms with Crippen LogP contribution in [-0.2, 0) is 6.42 Å². The lowest BCUT2D eigenvalue weighted by Crippen LogP contribution is -2.26. The molecule has 1 aromatic rings. The summed E-state index contributed by atoms with van der Waals surface area (Å²) in [4.78, 5) is 4.57. The molecule has 0 spiro atoms. The number of aryl methyl sites for hydroxylation is 2. The molecule has 0 amide bonds. The highest BCUT2D eigenvalue weighted by Crippen LogP contribution is 2.25. The van der Waals surface area contributed by atoms with Gasteiger partial charge in [-0.1, -0.05) is 19.8 Å². The standard InChI is InChI=1S/C13H20N2/c1-3-4-5-11-7-9-12-13(15-11)8-6-10(2)14-12/h6,8,11,15H,3-5,7,9H2,1-2H3/t11-/m1/s1. The Bertz CT molecular complexity index is 333. The predicted molar refractivity (Wildman–Crippen MR) is 64.2 cm³/mol. The molecule has 0 fully saturated rings. The number of nitrogens with one attached hydrogen (secondary N) is 1. The molecule has 2 rings (SSSR count). The minimum Gasteiger partial charge on any atom is -0.381 e. The quantitative estimate of drug-likeness (QED) is 0.817. The van der Waals surface area contributed by atoms with Gasteiger partial charge >= 0.3 is 0 Å². The summed E-state index contributed by atoms with van der Waals surface area (Å²) in [6.45, 7) is 4.31. The van der Waals surface area contributed by atoms with Crippen molar-refractivity contribution < 1.29 is 0 Å². The first-order valence-corrected chi connectivity index (χ1v) is 6.02. The number of pyridine rings is 1. The maximum absolute atomic E-state index is 4.57. The molecule has 1 aromatic heterocycles. The van der Waals surface area contributed by atoms with E-state index >= 15 is 0 Å². The van der Waals surface area contributed by atoms with E-state index in [-0.39, 0.29) is 0 Å². The Morgan fingerprint density at radius 2 is 2.33 bits per heavy atom. The molecule has 0 unspecified atom stereocenters. The molecule has 0 radical (unpaired) electrons. The number of hydrogen-bond acceptors (Lipinski definition) is 2. The van der Waals surface area contributed by atoms with Crippen molar-refractivity contribution in [3.8, 4) is 0 Å². The first-order chi connectivity index (χ1) is 7.29. The summed E-state index contributed by atoms with van der Waals surface area (Å²) in [5, 5.41) is 3.60. The van der Waals surface area contributed by atoms with Gasteiger partial charge in [0.25, 0.3) is 0 Å². The Morgan fingerprint density at radius 3 is 3.13 bits per heavy atom. The smallest absolute Gasteiger partial charge is 0.0638 e. The van der Waals surface area contributed by atoms with Crippen molar-refractivity contribution >= 4 is 5.69 Å². The second-order valence-electron chi connectivity index (χ2n) is 4.47. The van der Waals surface area contributed by atoms with E-state index in [2.05, 4.69) is 36.3 Å². The summed E-state index contributed by atoms with van der Waals surface area (Å²) in [6, 6.07) is 4.94. The van der Waals surface area contributed by atoms with E-state index in [1.165, 1.54) is 37.1 Å². The summed E-state index contributed by atoms with van der Waals surface area (Å²) >= 11 is 0. The van der Waals surface area contributed by atoms with Gasteiger partial charge in [0, 0.05) is 11.7 Å². The minimum atomic E-state index is 0.668. The van der Waals surface area contributed by atoms with Crippen molar-refractivity contribution in [1.29, 1.82) is 0 Å². The lowest BCUT2D eigenvalue weighted by atomic mass is 9.98. The van der Waals surface area contributed by atoms with Crippen LogP contribution in [0.25, 0.3) is 0 Å². The molecule has 0 bridgehead atoms. The van der Waals surface area contributed by atoms with Gasteiger partial charge in [-0.25, -0.2) is 0 Å². The summed E-state index contributed by atoms with van der Waals surface area (Å²) in [7, 11) is 0. The van der Waals surface area contributed by atoms with E-state index < -0.39 is 0 Å². The highest BCUT2D eigenvalue weighted by atomic mass is 15.0. The Hall–Kier alpha value is -1.05. The van der Waals surface area contributed by atoms with Gasteiger partial charge in [-0.3, -0.25) is 4.98 Å². The fourth-order valence-electron chi connectivity index (χ4n) is 2.20. The third kappa shape index (κ3) is 2.49. The van der Waals surface area contributed by atoms with Crippen LogP contribution in [0.15, 0.2) is 12.1 Å². The number of unbranched alkanes of at least 4 members (excludes halogenated alkanes) is 1. The molecular formula is C13H20N2. The van der Waals surface area contributed by atoms with Crippen molar-refractivity contribution in [2.45, 2.75) is 52.0 Å². The summed E-state index contributed by atoms with van der Waals surface area (Å²) in [6.07, 6.45) is 6.29. The molecule has 2 heteroatoms. The van der Waals surface area contributed by atoms with Gasteiger partial charge < -0.3 is 5.32 Å². The van der Waals surface area contributed by atoms with E-state index in [1.807, 2.05) is 0 Å². The van der Waals surface area contributed by atoms with Gasteiger partial charge in [0.1, 0.15) is 0 Å². The molecule has 2 heterocycles. The Labute approximate surface area is 92.1 Å². The molecule has 82 valence electrons. The number of rotatable bonds is 3. The van der Waals surface area contributed by atoms with Gasteiger partial charge in [-0.15, -0.1) is 0 Å². The average molecular weight is 204 g/mol. The maximum atomic E-state index is 4.57. The van der Waals surface area contributed by atoms with Crippen LogP contribution in [0.3, 0.4) is 0 Å². The second-order valence-corrected chi connectivity index (χ2v) is 4.47. The van der Waals surface area contributed by atoms with Crippen LogP contribution in [0, 0.1) is 6.92 Å². The molecule has 1 aliphatic heterocycles. The largest absolute Gasteiger partial charge is 0.381 e. The third-order valence-electron chi connectivity index (χ3n) is 3.11. The third-order valence-corrected chi connectivity index (χ3v) is 3.11. The Morgan fingerprint density at radius 1 is 1.47 bits per heavy atom. The van der Waals surface area contributed by atoms with Crippen LogP contribution < -0.4 is 5.32 Å². The van der Waals surface area contributed by atoms with E-state index in [0.717, 1.165) is 12.1 Å². The summed E-state index contributed by atoms with van der Waals surface area (Å²) in [5.41, 5.74) is 3.64. The highest BCUT2D eigenvalue weighted by Gasteiger charge is 2.17. The number of hydrogen-bond donors (Lipinski definition) is 1. The van der Waals surface area contributed by atoms with Gasteiger partial charge in [-0.05, 0) is 38.3 Å². The second kappa shape index (κ2) is 4.65. The van der Waals surface area contributed by atoms with Gasteiger partial charge in [0.15, 0.2) is 0 Å². The van der Waals surface area contributed by atoms with Crippen molar-refractivity contribution in [3.63, 3.8) is 0 Å². The van der Waals surface area contributed by atoms with E-state index in [0.29, 0.717) is 6.04 Å². The molecule has 0 saturated carbocycles. The summed E-state index contributed by atoms with van der Waals surface area (Å²) in [5.74, 6) is 0. The van der Waals surface area contributed by atoms with Crippen molar-refractivity contribution in [3.05, 3.63) is 23.5 Å². The molecule has 0 aliphatic carbocycles. The van der Waals surface area contributed by atoms with E-state index in [9.17, 15) is 0 Å². The predicted octanol–water partition coefficient (Wildman–Crippen LogP) is 3.31. The van der Waals surface area contributed by atoms with Gasteiger partial charge in [0.2, 0.25) is 0 Å². The van der Waals surface area contributed by atoms with Gasteiger partial charge in [-0.2, -0.15) is 0 Å². The SMILES string of the molecule is CCCC[C@@H]1CCc2nc(C)ccc2N1. The van der Waals surface area contributed by atoms with Crippen molar-refractivity contribution in [1.82, 2.24) is 4.98 Å². The number of aromatic nitrogens is 1. The van der Waals surface area contributed by atoms with Crippen molar-refractivity contribution in [2.75, 3.05) is 5.32 Å². The molecule has 1 aliphatic rings. The number of fused-ring (bicyclic) bond motifs is 1. The zero-order chi connectivity index (χ0) is 10.7. The molecule has 1 atom stereocenters. The van der Waals surface area contributed by atoms with Crippen LogP contribution >= 0.6 is 0 Å². The van der Waals surface area contributed by atoms with Crippen LogP contribution in [-0.4, -0.2) is 11.0 Å². The number of nitrogens with zero attached hydrogens (tertiary/aromatic N) is 1. The highest BCUT2D eigenvalue weighted by molar-refractivity contribution is 5.51. The fourth-order valence-corrected chi connectivity index (χ4v) is 2.20. The topological polar surface area (TPSA) is 24.9 Å². The zero-order valence-electron chi connectivity index (χ0n) is 9.71. The monoisotopic (exact) mass is 204 g/mol. The van der Waals surface area contributed by atoms with Crippen LogP contribution in [0.5, 0.6) is 0 Å². The minimum absolute atomic E-state index is 0.668. The lowest BCUT2D eigenvalue weighted by molar-refractivity contribution is 0.552. The fraction of sp³-hybridized carbons (Fsp3) is 0.615. The summed E-state index contributed by atoms with van der Waals surface area (Å²) < 4.78 is 0. The van der Waals surface area contributed by atoms with E-state index in [4.69, 9.17) is 0 Å². The molecule has 2 nitrogen and oxygen atoms in total. The Balaban J connectivity index is 2.03. The molecule has 0 saturated heterocycles. The van der Waals surface area contributed by atoms with Crippen LogP contribution in [0.2, 0.25) is 0 Å². The molecular weight excluding hydrogens is 184 g/mol. The Kier molecular flexibility index (Phi) is 3.24. The van der Waals surface area contributed by atoms with Crippen LogP contribution in [0.1, 0.15) is 44.0 Å². The molecule has 15 heavy (non-hydrogen) atoms. The first-order valence-electron chi connectivity index (χ1n) is 6.02. The normalized spacial score (nSPS) is 19.5. The number of anilines is 1. The van der Waals surface area contributed by atoms with Crippen molar-refractivity contribution in [2.24, 2.45) is 0 Å². The zero-order valence-corrected chi connectivity index (χ0v) is 9.71. The van der Waals surface area contributed by atoms with Crippen LogP contribution in [0.4, 0.5) is 5.69 Å². The lowest BCUT2D eigenvalue weighted by Gasteiger charge is -2.26. The maximum Gasteiger partial charge on any atom is 0.0638 e. The van der Waals surface area contributed by atoms with E-state index in [1.54, 1.807) is 0 Å². The molecule has 0 aromatic carbocycles. The van der Waals surface area contributed by atoms with Gasteiger partial charge in [0.05, 0.1) is 11.4 Å². The molecule has 1 N–H and O–H groups in total. The average Bonchev–Trinajstić information content (AvgIpc) is 2.26.